The Morgan fingerprint density at radius 3 is 2.38 bits per heavy atom. The van der Waals surface area contributed by atoms with Crippen LogP contribution in [-0.4, -0.2) is 42.1 Å². The average Bonchev–Trinajstić information content (AvgIpc) is 2.64. The molecule has 0 saturated carbocycles. The smallest absolute Gasteiger partial charge is 0.322 e. The average molecular weight is 356 g/mol. The fourth-order valence-electron chi connectivity index (χ4n) is 2.45. The molecule has 0 saturated heterocycles. The number of anilines is 2. The van der Waals surface area contributed by atoms with Gasteiger partial charge in [-0.3, -0.25) is 9.78 Å². The largest absolute Gasteiger partial charge is 0.375 e. The molecule has 1 heterocycles. The second kappa shape index (κ2) is 9.53. The van der Waals surface area contributed by atoms with Crippen molar-refractivity contribution < 1.29 is 14.3 Å². The predicted molar refractivity (Wildman–Crippen MR) is 101 cm³/mol. The molecule has 0 unspecified atom stereocenters. The van der Waals surface area contributed by atoms with E-state index in [1.165, 1.54) is 7.11 Å². The summed E-state index contributed by atoms with van der Waals surface area (Å²) in [6.45, 7) is 4.81. The number of carbonyl (C=O) groups excluding carboxylic acids is 2. The van der Waals surface area contributed by atoms with Gasteiger partial charge in [0.2, 0.25) is 5.91 Å². The van der Waals surface area contributed by atoms with Gasteiger partial charge in [-0.25, -0.2) is 4.79 Å². The molecule has 0 aliphatic rings. The first-order valence-corrected chi connectivity index (χ1v) is 8.38. The van der Waals surface area contributed by atoms with E-state index in [1.54, 1.807) is 35.5 Å². The third-order valence-corrected chi connectivity index (χ3v) is 3.92. The lowest BCUT2D eigenvalue weighted by Gasteiger charge is -2.22. The summed E-state index contributed by atoms with van der Waals surface area (Å²) in [5.41, 5.74) is 3.08. The van der Waals surface area contributed by atoms with E-state index in [1.807, 2.05) is 26.0 Å². The molecular formula is C19H24N4O3. The molecule has 7 heteroatoms. The molecule has 2 rings (SSSR count). The lowest BCUT2D eigenvalue weighted by Crippen LogP contribution is -2.34. The highest BCUT2D eigenvalue weighted by Crippen LogP contribution is 2.23. The number of aromatic nitrogens is 1. The van der Waals surface area contributed by atoms with Gasteiger partial charge in [-0.15, -0.1) is 0 Å². The number of carbonyl (C=O) groups is 2. The minimum absolute atomic E-state index is 0.0222. The quantitative estimate of drug-likeness (QED) is 0.799. The Morgan fingerprint density at radius 2 is 1.77 bits per heavy atom. The second-order valence-electron chi connectivity index (χ2n) is 5.76. The molecule has 0 aliphatic heterocycles. The van der Waals surface area contributed by atoms with E-state index in [0.29, 0.717) is 24.5 Å². The highest BCUT2D eigenvalue weighted by molar-refractivity contribution is 5.95. The first-order chi connectivity index (χ1) is 12.5. The summed E-state index contributed by atoms with van der Waals surface area (Å²) < 4.78 is 4.82. The first kappa shape index (κ1) is 19.4. The van der Waals surface area contributed by atoms with Crippen molar-refractivity contribution in [3.05, 3.63) is 53.9 Å². The van der Waals surface area contributed by atoms with Crippen molar-refractivity contribution in [2.45, 2.75) is 20.4 Å². The molecule has 0 fully saturated rings. The molecule has 0 radical (unpaired) electrons. The van der Waals surface area contributed by atoms with Crippen molar-refractivity contribution in [2.75, 3.05) is 30.9 Å². The number of hydrogen-bond acceptors (Lipinski definition) is 4. The van der Waals surface area contributed by atoms with Crippen LogP contribution in [0, 0.1) is 6.92 Å². The zero-order valence-corrected chi connectivity index (χ0v) is 15.3. The number of benzene rings is 1. The van der Waals surface area contributed by atoms with Crippen LogP contribution >= 0.6 is 0 Å². The molecular weight excluding hydrogens is 332 g/mol. The van der Waals surface area contributed by atoms with Gasteiger partial charge in [0.1, 0.15) is 6.61 Å². The van der Waals surface area contributed by atoms with Crippen LogP contribution in [0.15, 0.2) is 42.7 Å². The lowest BCUT2D eigenvalue weighted by atomic mass is 10.1. The monoisotopic (exact) mass is 356 g/mol. The van der Waals surface area contributed by atoms with Crippen LogP contribution in [0.2, 0.25) is 0 Å². The van der Waals surface area contributed by atoms with Gasteiger partial charge in [-0.2, -0.15) is 0 Å². The van der Waals surface area contributed by atoms with E-state index >= 15 is 0 Å². The van der Waals surface area contributed by atoms with E-state index in [0.717, 1.165) is 11.1 Å². The fraction of sp³-hybridized carbons (Fsp3) is 0.316. The molecule has 3 amide bonds. The van der Waals surface area contributed by atoms with Crippen molar-refractivity contribution in [1.82, 2.24) is 9.88 Å². The van der Waals surface area contributed by atoms with E-state index in [-0.39, 0.29) is 18.5 Å². The van der Waals surface area contributed by atoms with E-state index in [4.69, 9.17) is 4.74 Å². The van der Waals surface area contributed by atoms with Crippen LogP contribution in [0.1, 0.15) is 18.1 Å². The Labute approximate surface area is 153 Å². The van der Waals surface area contributed by atoms with Crippen LogP contribution in [0.4, 0.5) is 16.2 Å². The van der Waals surface area contributed by atoms with Crippen LogP contribution in [0.25, 0.3) is 0 Å². The normalized spacial score (nSPS) is 10.3. The number of nitrogens with zero attached hydrogens (tertiary/aromatic N) is 2. The van der Waals surface area contributed by atoms with Gasteiger partial charge in [0, 0.05) is 44.0 Å². The Morgan fingerprint density at radius 1 is 1.12 bits per heavy atom. The van der Waals surface area contributed by atoms with E-state index < -0.39 is 0 Å². The Hall–Kier alpha value is -2.93. The third kappa shape index (κ3) is 5.29. The summed E-state index contributed by atoms with van der Waals surface area (Å²) in [7, 11) is 1.46. The lowest BCUT2D eigenvalue weighted by molar-refractivity contribution is -0.119. The second-order valence-corrected chi connectivity index (χ2v) is 5.76. The summed E-state index contributed by atoms with van der Waals surface area (Å²) >= 11 is 0. The van der Waals surface area contributed by atoms with Gasteiger partial charge in [-0.05, 0) is 49.2 Å². The molecule has 1 aromatic carbocycles. The Kier molecular flexibility index (Phi) is 7.11. The van der Waals surface area contributed by atoms with Crippen molar-refractivity contribution in [2.24, 2.45) is 0 Å². The number of pyridine rings is 1. The maximum Gasteiger partial charge on any atom is 0.322 e. The topological polar surface area (TPSA) is 83.6 Å². The summed E-state index contributed by atoms with van der Waals surface area (Å²) in [6, 6.07) is 8.93. The highest BCUT2D eigenvalue weighted by atomic mass is 16.5. The van der Waals surface area contributed by atoms with Gasteiger partial charge in [-0.1, -0.05) is 6.07 Å². The van der Waals surface area contributed by atoms with Crippen LogP contribution in [-0.2, 0) is 16.1 Å². The van der Waals surface area contributed by atoms with Crippen molar-refractivity contribution in [3.8, 4) is 0 Å². The van der Waals surface area contributed by atoms with Crippen molar-refractivity contribution in [1.29, 1.82) is 0 Å². The molecule has 26 heavy (non-hydrogen) atoms. The molecule has 0 spiro atoms. The molecule has 2 aromatic rings. The number of methoxy groups -OCH3 is 1. The highest BCUT2D eigenvalue weighted by Gasteiger charge is 2.15. The maximum atomic E-state index is 12.6. The number of amides is 3. The molecule has 7 nitrogen and oxygen atoms in total. The maximum absolute atomic E-state index is 12.6. The fourth-order valence-corrected chi connectivity index (χ4v) is 2.45. The summed E-state index contributed by atoms with van der Waals surface area (Å²) in [6.07, 6.45) is 3.41. The van der Waals surface area contributed by atoms with Crippen LogP contribution in [0.3, 0.4) is 0 Å². The first-order valence-electron chi connectivity index (χ1n) is 8.38. The standard InChI is InChI=1S/C19H24N4O3/c1-4-23(12-15-8-10-20-11-9-15)19(25)22-17-7-5-6-16(14(17)2)21-18(24)13-26-3/h5-11H,4,12-13H2,1-3H3,(H,21,24)(H,22,25). The van der Waals surface area contributed by atoms with Gasteiger partial charge < -0.3 is 20.3 Å². The molecule has 138 valence electrons. The summed E-state index contributed by atoms with van der Waals surface area (Å²) in [5.74, 6) is -0.244. The Balaban J connectivity index is 2.08. The summed E-state index contributed by atoms with van der Waals surface area (Å²) in [4.78, 5) is 30.0. The predicted octanol–water partition coefficient (Wildman–Crippen LogP) is 3.03. The van der Waals surface area contributed by atoms with Crippen molar-refractivity contribution in [3.63, 3.8) is 0 Å². The number of ether oxygens (including phenoxy) is 1. The van der Waals surface area contributed by atoms with E-state index in [2.05, 4.69) is 15.6 Å². The number of nitrogens with one attached hydrogen (secondary N) is 2. The molecule has 0 bridgehead atoms. The van der Waals surface area contributed by atoms with Gasteiger partial charge in [0.15, 0.2) is 0 Å². The van der Waals surface area contributed by atoms with Crippen molar-refractivity contribution >= 4 is 23.3 Å². The zero-order valence-electron chi connectivity index (χ0n) is 15.3. The molecule has 2 N–H and O–H groups in total. The zero-order chi connectivity index (χ0) is 18.9. The number of rotatable bonds is 7. The molecule has 0 aliphatic carbocycles. The summed E-state index contributed by atoms with van der Waals surface area (Å²) in [5, 5.41) is 5.69. The SMILES string of the molecule is CCN(Cc1ccncc1)C(=O)Nc1cccc(NC(=O)COC)c1C. The van der Waals surface area contributed by atoms with Gasteiger partial charge in [0.05, 0.1) is 0 Å². The third-order valence-electron chi connectivity index (χ3n) is 3.92. The van der Waals surface area contributed by atoms with E-state index in [9.17, 15) is 9.59 Å². The van der Waals surface area contributed by atoms with Gasteiger partial charge in [0.25, 0.3) is 0 Å². The molecule has 0 atom stereocenters. The Bertz CT molecular complexity index is 750. The number of urea groups is 1. The van der Waals surface area contributed by atoms with Crippen LogP contribution < -0.4 is 10.6 Å². The minimum atomic E-state index is -0.244. The van der Waals surface area contributed by atoms with Gasteiger partial charge >= 0.3 is 6.03 Å². The van der Waals surface area contributed by atoms with Crippen LogP contribution in [0.5, 0.6) is 0 Å². The minimum Gasteiger partial charge on any atom is -0.375 e. The molecule has 1 aromatic heterocycles. The number of hydrogen-bond donors (Lipinski definition) is 2.